The van der Waals surface area contributed by atoms with Gasteiger partial charge in [0.15, 0.2) is 23.3 Å². The van der Waals surface area contributed by atoms with Crippen LogP contribution in [0.5, 0.6) is 17.2 Å². The average molecular weight is 860 g/mol. The van der Waals surface area contributed by atoms with Gasteiger partial charge in [0.1, 0.15) is 35.3 Å². The van der Waals surface area contributed by atoms with Crippen molar-refractivity contribution in [1.82, 2.24) is 20.1 Å². The van der Waals surface area contributed by atoms with Crippen LogP contribution in [-0.4, -0.2) is 99.8 Å². The molecule has 1 unspecified atom stereocenters. The summed E-state index contributed by atoms with van der Waals surface area (Å²) in [5, 5.41) is 11.6. The molecule has 1 atom stereocenters. The van der Waals surface area contributed by atoms with Crippen LogP contribution in [-0.2, 0) is 19.2 Å². The van der Waals surface area contributed by atoms with Crippen molar-refractivity contribution in [2.24, 2.45) is 0 Å². The molecule has 0 spiro atoms. The van der Waals surface area contributed by atoms with Gasteiger partial charge in [0.2, 0.25) is 11.8 Å². The van der Waals surface area contributed by atoms with Crippen LogP contribution in [0.4, 0.5) is 15.8 Å². The van der Waals surface area contributed by atoms with E-state index >= 15 is 4.39 Å². The molecule has 0 saturated carbocycles. The third-order valence-corrected chi connectivity index (χ3v) is 11.7. The molecule has 1 N–H and O–H groups in total. The van der Waals surface area contributed by atoms with Crippen LogP contribution in [0.25, 0.3) is 11.3 Å². The number of thiocarbonyl (C=S) groups is 1. The van der Waals surface area contributed by atoms with Gasteiger partial charge in [-0.3, -0.25) is 48.9 Å². The van der Waals surface area contributed by atoms with Crippen molar-refractivity contribution in [2.45, 2.75) is 57.2 Å². The molecule has 62 heavy (non-hydrogen) atoms. The molecule has 5 heterocycles. The molecule has 4 aromatic rings. The lowest BCUT2D eigenvalue weighted by Crippen LogP contribution is -2.54. The van der Waals surface area contributed by atoms with Gasteiger partial charge in [-0.2, -0.15) is 5.26 Å². The van der Waals surface area contributed by atoms with Crippen molar-refractivity contribution >= 4 is 64.1 Å². The Morgan fingerprint density at radius 3 is 2.39 bits per heavy atom. The normalized spacial score (nSPS) is 18.8. The summed E-state index contributed by atoms with van der Waals surface area (Å²) in [6.45, 7) is 3.80. The zero-order valence-electron chi connectivity index (χ0n) is 33.7. The van der Waals surface area contributed by atoms with E-state index in [4.69, 9.17) is 26.4 Å². The van der Waals surface area contributed by atoms with Gasteiger partial charge in [0.05, 0.1) is 47.1 Å². The van der Waals surface area contributed by atoms with E-state index in [1.807, 2.05) is 30.3 Å². The van der Waals surface area contributed by atoms with Gasteiger partial charge in [-0.1, -0.05) is 6.07 Å². The Labute approximate surface area is 359 Å². The number of hydrogen-bond donors (Lipinski definition) is 1. The molecule has 0 aliphatic carbocycles. The minimum atomic E-state index is -1.19. The van der Waals surface area contributed by atoms with E-state index in [0.29, 0.717) is 43.1 Å². The molecule has 3 aromatic carbocycles. The maximum absolute atomic E-state index is 15.5. The van der Waals surface area contributed by atoms with E-state index in [0.717, 1.165) is 15.4 Å². The monoisotopic (exact) mass is 859 g/mol. The number of pyridine rings is 1. The zero-order chi connectivity index (χ0) is 44.0. The topological polar surface area (TPSA) is 192 Å². The fourth-order valence-electron chi connectivity index (χ4n) is 8.09. The number of ether oxygens (including phenoxy) is 3. The molecule has 4 aliphatic heterocycles. The second kappa shape index (κ2) is 16.3. The molecule has 0 bridgehead atoms. The van der Waals surface area contributed by atoms with Crippen molar-refractivity contribution < 1.29 is 47.4 Å². The number of fused-ring (bicyclic) bond motifs is 1. The molecule has 1 aromatic heterocycles. The number of imide groups is 2. The number of halogens is 1. The first kappa shape index (κ1) is 41.5. The number of methoxy groups -OCH3 is 1. The van der Waals surface area contributed by atoms with Gasteiger partial charge in [-0.05, 0) is 93.1 Å². The fraction of sp³-hybridized carbons (Fsp3) is 0.295. The summed E-state index contributed by atoms with van der Waals surface area (Å²) in [5.41, 5.74) is 0.668. The number of nitrogens with zero attached hydrogens (tertiary/aromatic N) is 6. The molecular formula is C44H38FN7O9S. The number of nitrogens with one attached hydrogen (secondary N) is 1. The quantitative estimate of drug-likeness (QED) is 0.173. The number of benzene rings is 3. The first-order chi connectivity index (χ1) is 29.7. The van der Waals surface area contributed by atoms with E-state index < -0.39 is 46.9 Å². The van der Waals surface area contributed by atoms with E-state index in [-0.39, 0.29) is 70.4 Å². The summed E-state index contributed by atoms with van der Waals surface area (Å²) in [6, 6.07) is 18.9. The summed E-state index contributed by atoms with van der Waals surface area (Å²) in [6.07, 6.45) is 2.57. The number of anilines is 2. The molecule has 3 fully saturated rings. The lowest BCUT2D eigenvalue weighted by atomic mass is 10.0. The Morgan fingerprint density at radius 1 is 0.984 bits per heavy atom. The van der Waals surface area contributed by atoms with E-state index in [9.17, 15) is 34.0 Å². The van der Waals surface area contributed by atoms with Crippen LogP contribution >= 0.6 is 12.2 Å². The third-order valence-electron chi connectivity index (χ3n) is 11.3. The molecule has 4 aliphatic rings. The number of likely N-dealkylation sites (tertiary alicyclic amines) is 1. The number of nitriles is 1. The lowest BCUT2D eigenvalue weighted by molar-refractivity contribution is -0.136. The zero-order valence-corrected chi connectivity index (χ0v) is 34.5. The molecule has 3 saturated heterocycles. The SMILES string of the molecule is COc1c(C#N)ccc(N2C(=O)C(C)(C)N(c3ccc(-c4ccc(OC5CCN(C(=O)COc6cccc7c6C(=O)N(C6CCC(=O)NC6=O)C7=O)CC5)cc4)nc3)C2=S)c1F. The number of amides is 6. The van der Waals surface area contributed by atoms with Crippen LogP contribution < -0.4 is 29.3 Å². The second-order valence-corrected chi connectivity index (χ2v) is 15.8. The smallest absolute Gasteiger partial charge is 0.266 e. The lowest BCUT2D eigenvalue weighted by Gasteiger charge is -2.32. The summed E-state index contributed by atoms with van der Waals surface area (Å²) in [5.74, 6) is -3.80. The highest BCUT2D eigenvalue weighted by atomic mass is 32.1. The van der Waals surface area contributed by atoms with Crippen molar-refractivity contribution in [3.63, 3.8) is 0 Å². The van der Waals surface area contributed by atoms with Crippen LogP contribution in [0.15, 0.2) is 72.9 Å². The van der Waals surface area contributed by atoms with Gasteiger partial charge in [-0.25, -0.2) is 4.39 Å². The molecule has 18 heteroatoms. The van der Waals surface area contributed by atoms with Crippen LogP contribution in [0.1, 0.15) is 65.8 Å². The standard InChI is InChI=1S/C44H38FN7O9S/c1-44(2)42(58)51(31-14-9-25(21-46)38(59-3)37(31)45)43(62)52(44)26-10-13-30(47-22-26)24-7-11-27(12-8-24)61-28-17-19-49(20-18-28)35(54)23-60-33-6-4-5-29-36(33)41(57)50(40(29)56)32-15-16-34(53)48-39(32)55/h4-14,22,28,32H,15-20,23H2,1-3H3,(H,48,53,55). The number of aromatic nitrogens is 1. The first-order valence-electron chi connectivity index (χ1n) is 19.7. The minimum absolute atomic E-state index is 0.00186. The largest absolute Gasteiger partial charge is 0.492 e. The van der Waals surface area contributed by atoms with Gasteiger partial charge in [0, 0.05) is 37.9 Å². The number of piperidine rings is 2. The highest BCUT2D eigenvalue weighted by molar-refractivity contribution is 7.81. The summed E-state index contributed by atoms with van der Waals surface area (Å²) in [4.78, 5) is 87.3. The Morgan fingerprint density at radius 2 is 1.73 bits per heavy atom. The minimum Gasteiger partial charge on any atom is -0.492 e. The third kappa shape index (κ3) is 7.23. The number of rotatable bonds is 10. The molecule has 8 rings (SSSR count). The van der Waals surface area contributed by atoms with E-state index in [1.165, 1.54) is 37.4 Å². The number of hydrogen-bond acceptors (Lipinski definition) is 12. The van der Waals surface area contributed by atoms with Crippen molar-refractivity contribution in [3.8, 4) is 34.6 Å². The highest BCUT2D eigenvalue weighted by Crippen LogP contribution is 2.40. The van der Waals surface area contributed by atoms with Gasteiger partial charge < -0.3 is 24.0 Å². The van der Waals surface area contributed by atoms with Crippen molar-refractivity contribution in [3.05, 3.63) is 95.4 Å². The Hall–Kier alpha value is -7.26. The maximum atomic E-state index is 15.5. The van der Waals surface area contributed by atoms with Crippen molar-refractivity contribution in [1.29, 1.82) is 5.26 Å². The van der Waals surface area contributed by atoms with E-state index in [1.54, 1.807) is 42.0 Å². The predicted octanol–water partition coefficient (Wildman–Crippen LogP) is 4.53. The van der Waals surface area contributed by atoms with Gasteiger partial charge in [0.25, 0.3) is 23.6 Å². The predicted molar refractivity (Wildman–Crippen MR) is 223 cm³/mol. The highest BCUT2D eigenvalue weighted by Gasteiger charge is 2.51. The molecule has 0 radical (unpaired) electrons. The van der Waals surface area contributed by atoms with Crippen LogP contribution in [0.2, 0.25) is 0 Å². The maximum Gasteiger partial charge on any atom is 0.266 e. The molecule has 16 nitrogen and oxygen atoms in total. The summed E-state index contributed by atoms with van der Waals surface area (Å²) in [7, 11) is 1.24. The van der Waals surface area contributed by atoms with Crippen LogP contribution in [0.3, 0.4) is 0 Å². The van der Waals surface area contributed by atoms with Gasteiger partial charge >= 0.3 is 0 Å². The molecular weight excluding hydrogens is 822 g/mol. The van der Waals surface area contributed by atoms with Crippen LogP contribution in [0, 0.1) is 17.1 Å². The molecule has 6 amide bonds. The van der Waals surface area contributed by atoms with Crippen molar-refractivity contribution in [2.75, 3.05) is 36.6 Å². The first-order valence-corrected chi connectivity index (χ1v) is 20.1. The fourth-order valence-corrected chi connectivity index (χ4v) is 8.61. The Balaban J connectivity index is 0.848. The van der Waals surface area contributed by atoms with Gasteiger partial charge in [-0.15, -0.1) is 0 Å². The summed E-state index contributed by atoms with van der Waals surface area (Å²) >= 11 is 5.71. The number of carbonyl (C=O) groups excluding carboxylic acids is 6. The Kier molecular flexibility index (Phi) is 10.9. The van der Waals surface area contributed by atoms with E-state index in [2.05, 4.69) is 10.3 Å². The number of carbonyl (C=O) groups is 6. The summed E-state index contributed by atoms with van der Waals surface area (Å²) < 4.78 is 32.7. The Bertz CT molecular complexity index is 2610. The second-order valence-electron chi connectivity index (χ2n) is 15.4. The average Bonchev–Trinajstić information content (AvgIpc) is 3.62. The molecule has 316 valence electrons.